The summed E-state index contributed by atoms with van der Waals surface area (Å²) in [6.45, 7) is 2.00. The average molecular weight is 403 g/mol. The summed E-state index contributed by atoms with van der Waals surface area (Å²) in [6, 6.07) is 17.5. The number of rotatable bonds is 5. The van der Waals surface area contributed by atoms with E-state index in [1.165, 1.54) is 5.56 Å². The summed E-state index contributed by atoms with van der Waals surface area (Å²) < 4.78 is 0. The summed E-state index contributed by atoms with van der Waals surface area (Å²) in [4.78, 5) is 29.0. The van der Waals surface area contributed by atoms with Crippen LogP contribution in [0.4, 0.5) is 0 Å². The molecule has 0 saturated heterocycles. The van der Waals surface area contributed by atoms with Gasteiger partial charge in [-0.15, -0.1) is 0 Å². The van der Waals surface area contributed by atoms with Gasteiger partial charge in [-0.2, -0.15) is 0 Å². The van der Waals surface area contributed by atoms with E-state index in [-0.39, 0.29) is 17.9 Å². The number of aryl methyl sites for hydroxylation is 1. The van der Waals surface area contributed by atoms with Gasteiger partial charge < -0.3 is 5.32 Å². The molecule has 3 aromatic rings. The van der Waals surface area contributed by atoms with Crippen LogP contribution in [0.5, 0.6) is 0 Å². The summed E-state index contributed by atoms with van der Waals surface area (Å²) in [5, 5.41) is 13.0. The monoisotopic (exact) mass is 403 g/mol. The van der Waals surface area contributed by atoms with E-state index in [0.717, 1.165) is 41.4 Å². The second kappa shape index (κ2) is 8.63. The maximum atomic E-state index is 12.6. The quantitative estimate of drug-likeness (QED) is 0.449. The van der Waals surface area contributed by atoms with Gasteiger partial charge in [0.15, 0.2) is 0 Å². The maximum absolute atomic E-state index is 12.6. The first kappa shape index (κ1) is 20.0. The highest BCUT2D eigenvalue weighted by atomic mass is 16.5. The largest absolute Gasteiger partial charge is 0.349 e. The molecule has 2 atom stereocenters. The summed E-state index contributed by atoms with van der Waals surface area (Å²) in [6.07, 6.45) is 3.00. The molecule has 1 heterocycles. The van der Waals surface area contributed by atoms with Crippen molar-refractivity contribution < 1.29 is 14.8 Å². The van der Waals surface area contributed by atoms with E-state index in [9.17, 15) is 9.59 Å². The Morgan fingerprint density at radius 1 is 1.10 bits per heavy atom. The Balaban J connectivity index is 1.47. The molecule has 1 saturated carbocycles. The molecule has 6 heteroatoms. The van der Waals surface area contributed by atoms with Crippen molar-refractivity contribution in [2.75, 3.05) is 0 Å². The zero-order valence-corrected chi connectivity index (χ0v) is 16.9. The van der Waals surface area contributed by atoms with Gasteiger partial charge in [-0.25, -0.2) is 5.48 Å². The second-order valence-corrected chi connectivity index (χ2v) is 7.91. The van der Waals surface area contributed by atoms with Crippen molar-refractivity contribution in [3.05, 3.63) is 77.0 Å². The fraction of sp³-hybridized carbons (Fsp3) is 0.292. The van der Waals surface area contributed by atoms with Crippen molar-refractivity contribution in [2.45, 2.75) is 38.6 Å². The number of benzene rings is 2. The highest BCUT2D eigenvalue weighted by molar-refractivity contribution is 5.95. The topological polar surface area (TPSA) is 91.3 Å². The molecule has 1 aliphatic rings. The lowest BCUT2D eigenvalue weighted by Gasteiger charge is -2.19. The molecule has 0 radical (unpaired) electrons. The van der Waals surface area contributed by atoms with Gasteiger partial charge in [0, 0.05) is 22.7 Å². The van der Waals surface area contributed by atoms with E-state index in [0.29, 0.717) is 12.0 Å². The number of aromatic nitrogens is 1. The molecule has 2 amide bonds. The predicted molar refractivity (Wildman–Crippen MR) is 114 cm³/mol. The van der Waals surface area contributed by atoms with Crippen LogP contribution in [0.1, 0.15) is 46.4 Å². The molecule has 3 N–H and O–H groups in total. The van der Waals surface area contributed by atoms with Crippen molar-refractivity contribution >= 4 is 22.7 Å². The molecule has 154 valence electrons. The number of hydroxylamine groups is 1. The number of fused-ring (bicyclic) bond motifs is 1. The number of para-hydroxylation sites is 1. The fourth-order valence-electron chi connectivity index (χ4n) is 4.32. The van der Waals surface area contributed by atoms with Gasteiger partial charge in [-0.3, -0.25) is 19.8 Å². The lowest BCUT2D eigenvalue weighted by Crippen LogP contribution is -2.43. The molecule has 0 spiro atoms. The van der Waals surface area contributed by atoms with Crippen LogP contribution in [0.15, 0.2) is 54.6 Å². The van der Waals surface area contributed by atoms with Crippen LogP contribution in [0.2, 0.25) is 0 Å². The molecule has 30 heavy (non-hydrogen) atoms. The first-order valence-corrected chi connectivity index (χ1v) is 10.2. The third kappa shape index (κ3) is 4.19. The summed E-state index contributed by atoms with van der Waals surface area (Å²) in [7, 11) is 0. The molecule has 4 rings (SSSR count). The van der Waals surface area contributed by atoms with E-state index in [1.54, 1.807) is 5.48 Å². The van der Waals surface area contributed by atoms with Crippen LogP contribution in [-0.4, -0.2) is 28.0 Å². The van der Waals surface area contributed by atoms with E-state index in [1.807, 2.05) is 49.4 Å². The van der Waals surface area contributed by atoms with Crippen molar-refractivity contribution in [2.24, 2.45) is 5.92 Å². The highest BCUT2D eigenvalue weighted by Gasteiger charge is 2.34. The smallest absolute Gasteiger partial charge is 0.251 e. The maximum Gasteiger partial charge on any atom is 0.251 e. The number of hydrogen-bond acceptors (Lipinski definition) is 4. The molecular weight excluding hydrogens is 378 g/mol. The average Bonchev–Trinajstić information content (AvgIpc) is 3.21. The predicted octanol–water partition coefficient (Wildman–Crippen LogP) is 3.54. The Morgan fingerprint density at radius 2 is 1.87 bits per heavy atom. The van der Waals surface area contributed by atoms with Crippen LogP contribution >= 0.6 is 0 Å². The number of nitrogens with one attached hydrogen (secondary N) is 2. The Labute approximate surface area is 175 Å². The minimum absolute atomic E-state index is 0.200. The van der Waals surface area contributed by atoms with Gasteiger partial charge in [0.25, 0.3) is 5.91 Å². The Hall–Kier alpha value is -3.25. The van der Waals surface area contributed by atoms with Crippen molar-refractivity contribution in [1.82, 2.24) is 15.8 Å². The molecule has 0 bridgehead atoms. The number of pyridine rings is 1. The number of nitrogens with zero attached hydrogens (tertiary/aromatic N) is 1. The number of carbonyl (C=O) groups is 2. The highest BCUT2D eigenvalue weighted by Crippen LogP contribution is 2.26. The summed E-state index contributed by atoms with van der Waals surface area (Å²) >= 11 is 0. The van der Waals surface area contributed by atoms with Crippen molar-refractivity contribution in [3.63, 3.8) is 0 Å². The standard InChI is InChI=1S/C24H25N3O3/c1-15-13-18(19-5-2-3-7-21(19)25-15)14-16-9-11-17(12-10-16)23(28)26-22-8-4-6-20(22)24(29)27-30/h2-3,5,7,9-13,20,22,30H,4,6,8,14H2,1H3,(H,26,28)(H,27,29). The summed E-state index contributed by atoms with van der Waals surface area (Å²) in [5.41, 5.74) is 6.55. The van der Waals surface area contributed by atoms with Crippen molar-refractivity contribution in [3.8, 4) is 0 Å². The van der Waals surface area contributed by atoms with Crippen LogP contribution in [0, 0.1) is 12.8 Å². The number of carbonyl (C=O) groups excluding carboxylic acids is 2. The van der Waals surface area contributed by atoms with Crippen molar-refractivity contribution in [1.29, 1.82) is 0 Å². The van der Waals surface area contributed by atoms with E-state index in [2.05, 4.69) is 22.4 Å². The van der Waals surface area contributed by atoms with Gasteiger partial charge in [0.05, 0.1) is 11.4 Å². The number of amides is 2. The summed E-state index contributed by atoms with van der Waals surface area (Å²) in [5.74, 6) is -1.02. The van der Waals surface area contributed by atoms with E-state index < -0.39 is 5.91 Å². The van der Waals surface area contributed by atoms with Gasteiger partial charge >= 0.3 is 0 Å². The fourth-order valence-corrected chi connectivity index (χ4v) is 4.32. The second-order valence-electron chi connectivity index (χ2n) is 7.91. The molecule has 2 aromatic carbocycles. The third-order valence-corrected chi connectivity index (χ3v) is 5.82. The molecule has 1 fully saturated rings. The molecule has 6 nitrogen and oxygen atoms in total. The van der Waals surface area contributed by atoms with Crippen LogP contribution in [-0.2, 0) is 11.2 Å². The zero-order valence-electron chi connectivity index (χ0n) is 16.9. The van der Waals surface area contributed by atoms with Crippen LogP contribution in [0.3, 0.4) is 0 Å². The lowest BCUT2D eigenvalue weighted by atomic mass is 9.99. The first-order chi connectivity index (χ1) is 14.5. The van der Waals surface area contributed by atoms with E-state index >= 15 is 0 Å². The minimum Gasteiger partial charge on any atom is -0.349 e. The molecule has 1 aliphatic carbocycles. The van der Waals surface area contributed by atoms with Crippen LogP contribution < -0.4 is 10.8 Å². The third-order valence-electron chi connectivity index (χ3n) is 5.82. The van der Waals surface area contributed by atoms with Gasteiger partial charge in [-0.1, -0.05) is 36.8 Å². The molecule has 2 unspecified atom stereocenters. The Morgan fingerprint density at radius 3 is 2.63 bits per heavy atom. The minimum atomic E-state index is -0.437. The molecule has 1 aromatic heterocycles. The lowest BCUT2D eigenvalue weighted by molar-refractivity contribution is -0.133. The first-order valence-electron chi connectivity index (χ1n) is 10.2. The van der Waals surface area contributed by atoms with Crippen LogP contribution in [0.25, 0.3) is 10.9 Å². The Bertz CT molecular complexity index is 1080. The normalized spacial score (nSPS) is 18.3. The van der Waals surface area contributed by atoms with Gasteiger partial charge in [-0.05, 0) is 61.6 Å². The molecule has 0 aliphatic heterocycles. The SMILES string of the molecule is Cc1cc(Cc2ccc(C(=O)NC3CCCC3C(=O)NO)cc2)c2ccccc2n1. The molecular formula is C24H25N3O3. The zero-order chi connectivity index (χ0) is 21.1. The van der Waals surface area contributed by atoms with Gasteiger partial charge in [0.2, 0.25) is 5.91 Å². The Kier molecular flexibility index (Phi) is 5.77. The van der Waals surface area contributed by atoms with E-state index in [4.69, 9.17) is 5.21 Å². The van der Waals surface area contributed by atoms with Gasteiger partial charge in [0.1, 0.15) is 0 Å². The number of hydrogen-bond donors (Lipinski definition) is 3.